The summed E-state index contributed by atoms with van der Waals surface area (Å²) in [6.45, 7) is 7.59. The van der Waals surface area contributed by atoms with Crippen molar-refractivity contribution in [1.29, 1.82) is 0 Å². The molecule has 2 unspecified atom stereocenters. The zero-order valence-corrected chi connectivity index (χ0v) is 11.5. The topological polar surface area (TPSA) is 32.5 Å². The fourth-order valence-corrected chi connectivity index (χ4v) is 2.77. The van der Waals surface area contributed by atoms with Gasteiger partial charge in [-0.3, -0.25) is 4.90 Å². The maximum absolute atomic E-state index is 5.96. The number of rotatable bonds is 4. The minimum atomic E-state index is 0.456. The highest BCUT2D eigenvalue weighted by atomic mass is 15.3. The molecule has 0 saturated carbocycles. The number of likely N-dealkylation sites (N-methyl/N-ethyl adjacent to an activating group) is 1. The SMILES string of the molecule is CC1CN(C)CCN1CC(CN)c1ccccc1. The van der Waals surface area contributed by atoms with Crippen molar-refractivity contribution in [2.24, 2.45) is 5.73 Å². The molecule has 0 amide bonds. The predicted octanol–water partition coefficient (Wildman–Crippen LogP) is 1.36. The molecule has 100 valence electrons. The van der Waals surface area contributed by atoms with Gasteiger partial charge < -0.3 is 10.6 Å². The Hall–Kier alpha value is -0.900. The number of piperazine rings is 1. The molecule has 18 heavy (non-hydrogen) atoms. The Morgan fingerprint density at radius 3 is 2.61 bits per heavy atom. The van der Waals surface area contributed by atoms with Crippen LogP contribution in [0.4, 0.5) is 0 Å². The van der Waals surface area contributed by atoms with E-state index in [1.807, 2.05) is 0 Å². The van der Waals surface area contributed by atoms with Crippen molar-refractivity contribution in [1.82, 2.24) is 9.80 Å². The third kappa shape index (κ3) is 3.31. The van der Waals surface area contributed by atoms with Gasteiger partial charge in [-0.2, -0.15) is 0 Å². The summed E-state index contributed by atoms with van der Waals surface area (Å²) in [5.41, 5.74) is 7.32. The Morgan fingerprint density at radius 1 is 1.28 bits per heavy atom. The molecule has 3 heteroatoms. The Labute approximate surface area is 111 Å². The van der Waals surface area contributed by atoms with Crippen molar-refractivity contribution >= 4 is 0 Å². The van der Waals surface area contributed by atoms with E-state index in [4.69, 9.17) is 5.73 Å². The second kappa shape index (κ2) is 6.32. The molecule has 1 heterocycles. The lowest BCUT2D eigenvalue weighted by atomic mass is 9.97. The fraction of sp³-hybridized carbons (Fsp3) is 0.600. The van der Waals surface area contributed by atoms with Crippen molar-refractivity contribution in [3.63, 3.8) is 0 Å². The second-order valence-electron chi connectivity index (χ2n) is 5.45. The monoisotopic (exact) mass is 247 g/mol. The molecule has 2 atom stereocenters. The van der Waals surface area contributed by atoms with Gasteiger partial charge in [-0.05, 0) is 19.5 Å². The standard InChI is InChI=1S/C15H25N3/c1-13-11-17(2)8-9-18(13)12-15(10-16)14-6-4-3-5-7-14/h3-7,13,15H,8-12,16H2,1-2H3. The first kappa shape index (κ1) is 13.5. The van der Waals surface area contributed by atoms with Gasteiger partial charge in [-0.25, -0.2) is 0 Å². The summed E-state index contributed by atoms with van der Waals surface area (Å²) in [4.78, 5) is 4.98. The van der Waals surface area contributed by atoms with Crippen LogP contribution in [0.5, 0.6) is 0 Å². The van der Waals surface area contributed by atoms with Gasteiger partial charge in [0, 0.05) is 44.7 Å². The van der Waals surface area contributed by atoms with Crippen molar-refractivity contribution in [2.45, 2.75) is 18.9 Å². The third-order valence-corrected chi connectivity index (χ3v) is 3.98. The average Bonchev–Trinajstić information content (AvgIpc) is 2.39. The maximum atomic E-state index is 5.96. The van der Waals surface area contributed by atoms with Crippen LogP contribution >= 0.6 is 0 Å². The van der Waals surface area contributed by atoms with Gasteiger partial charge >= 0.3 is 0 Å². The van der Waals surface area contributed by atoms with Gasteiger partial charge in [-0.15, -0.1) is 0 Å². The first-order chi connectivity index (χ1) is 8.70. The molecular weight excluding hydrogens is 222 g/mol. The molecule has 1 aliphatic heterocycles. The normalized spacial score (nSPS) is 24.1. The summed E-state index contributed by atoms with van der Waals surface area (Å²) in [5.74, 6) is 0.456. The van der Waals surface area contributed by atoms with Crippen molar-refractivity contribution in [2.75, 3.05) is 39.8 Å². The highest BCUT2D eigenvalue weighted by Gasteiger charge is 2.24. The van der Waals surface area contributed by atoms with E-state index in [0.29, 0.717) is 12.0 Å². The van der Waals surface area contributed by atoms with Gasteiger partial charge in [0.25, 0.3) is 0 Å². The number of benzene rings is 1. The van der Waals surface area contributed by atoms with Crippen LogP contribution in [0.25, 0.3) is 0 Å². The average molecular weight is 247 g/mol. The van der Waals surface area contributed by atoms with Crippen LogP contribution in [-0.2, 0) is 0 Å². The number of hydrogen-bond donors (Lipinski definition) is 1. The Balaban J connectivity index is 1.98. The molecule has 0 spiro atoms. The molecule has 0 radical (unpaired) electrons. The lowest BCUT2D eigenvalue weighted by Crippen LogP contribution is -2.51. The molecule has 3 nitrogen and oxygen atoms in total. The van der Waals surface area contributed by atoms with Crippen molar-refractivity contribution < 1.29 is 0 Å². The van der Waals surface area contributed by atoms with Gasteiger partial charge in [0.1, 0.15) is 0 Å². The van der Waals surface area contributed by atoms with Gasteiger partial charge in [0.2, 0.25) is 0 Å². The van der Waals surface area contributed by atoms with Crippen LogP contribution in [0.15, 0.2) is 30.3 Å². The van der Waals surface area contributed by atoms with E-state index in [0.717, 1.165) is 32.7 Å². The molecule has 1 aromatic carbocycles. The molecule has 2 N–H and O–H groups in total. The molecule has 1 saturated heterocycles. The summed E-state index contributed by atoms with van der Waals surface area (Å²) < 4.78 is 0. The fourth-order valence-electron chi connectivity index (χ4n) is 2.77. The van der Waals surface area contributed by atoms with Crippen LogP contribution in [0, 0.1) is 0 Å². The Bertz CT molecular complexity index is 352. The van der Waals surface area contributed by atoms with E-state index in [-0.39, 0.29) is 0 Å². The maximum Gasteiger partial charge on any atom is 0.0195 e. The number of nitrogens with two attached hydrogens (primary N) is 1. The summed E-state index contributed by atoms with van der Waals surface area (Å²) in [5, 5.41) is 0. The van der Waals surface area contributed by atoms with Gasteiger partial charge in [-0.1, -0.05) is 30.3 Å². The van der Waals surface area contributed by atoms with Crippen LogP contribution in [-0.4, -0.2) is 55.6 Å². The summed E-state index contributed by atoms with van der Waals surface area (Å²) in [7, 11) is 2.20. The highest BCUT2D eigenvalue weighted by molar-refractivity contribution is 5.20. The first-order valence-corrected chi connectivity index (χ1v) is 6.88. The van der Waals surface area contributed by atoms with Crippen molar-refractivity contribution in [3.05, 3.63) is 35.9 Å². The van der Waals surface area contributed by atoms with Crippen LogP contribution in [0.1, 0.15) is 18.4 Å². The van der Waals surface area contributed by atoms with E-state index < -0.39 is 0 Å². The Kier molecular flexibility index (Phi) is 4.75. The minimum absolute atomic E-state index is 0.456. The quantitative estimate of drug-likeness (QED) is 0.872. The van der Waals surface area contributed by atoms with E-state index in [9.17, 15) is 0 Å². The third-order valence-electron chi connectivity index (χ3n) is 3.98. The lowest BCUT2D eigenvalue weighted by Gasteiger charge is -2.39. The molecule has 1 aromatic rings. The smallest absolute Gasteiger partial charge is 0.0195 e. The summed E-state index contributed by atoms with van der Waals surface area (Å²) >= 11 is 0. The van der Waals surface area contributed by atoms with Crippen LogP contribution in [0.3, 0.4) is 0 Å². The predicted molar refractivity (Wildman–Crippen MR) is 76.8 cm³/mol. The van der Waals surface area contributed by atoms with E-state index >= 15 is 0 Å². The van der Waals surface area contributed by atoms with Crippen LogP contribution < -0.4 is 5.73 Å². The molecule has 0 aliphatic carbocycles. The molecule has 0 aromatic heterocycles. The van der Waals surface area contributed by atoms with Crippen LogP contribution in [0.2, 0.25) is 0 Å². The largest absolute Gasteiger partial charge is 0.330 e. The molecule has 1 fully saturated rings. The highest BCUT2D eigenvalue weighted by Crippen LogP contribution is 2.18. The summed E-state index contributed by atoms with van der Waals surface area (Å²) in [6.07, 6.45) is 0. The van der Waals surface area contributed by atoms with E-state index in [1.165, 1.54) is 5.56 Å². The van der Waals surface area contributed by atoms with E-state index in [1.54, 1.807) is 0 Å². The molecule has 0 bridgehead atoms. The van der Waals surface area contributed by atoms with E-state index in [2.05, 4.69) is 54.1 Å². The molecular formula is C15H25N3. The number of nitrogens with zero attached hydrogens (tertiary/aromatic N) is 2. The molecule has 1 aliphatic rings. The van der Waals surface area contributed by atoms with Crippen molar-refractivity contribution in [3.8, 4) is 0 Å². The van der Waals surface area contributed by atoms with Gasteiger partial charge in [0.15, 0.2) is 0 Å². The minimum Gasteiger partial charge on any atom is -0.330 e. The van der Waals surface area contributed by atoms with Gasteiger partial charge in [0.05, 0.1) is 0 Å². The molecule has 2 rings (SSSR count). The lowest BCUT2D eigenvalue weighted by molar-refractivity contribution is 0.0947. The zero-order valence-electron chi connectivity index (χ0n) is 11.5. The zero-order chi connectivity index (χ0) is 13.0. The first-order valence-electron chi connectivity index (χ1n) is 6.88. The number of hydrogen-bond acceptors (Lipinski definition) is 3. The summed E-state index contributed by atoms with van der Waals surface area (Å²) in [6, 6.07) is 11.3. The second-order valence-corrected chi connectivity index (χ2v) is 5.45. The Morgan fingerprint density at radius 2 is 2.00 bits per heavy atom.